The molecular weight excluding hydrogens is 317 g/mol. The Bertz CT molecular complexity index is 440. The van der Waals surface area contributed by atoms with E-state index in [1.54, 1.807) is 0 Å². The van der Waals surface area contributed by atoms with E-state index in [1.807, 2.05) is 0 Å². The van der Waals surface area contributed by atoms with Gasteiger partial charge in [0.25, 0.3) is 0 Å². The number of hydrogen-bond donors (Lipinski definition) is 1. The zero-order valence-electron chi connectivity index (χ0n) is 10.2. The minimum Gasteiger partial charge on any atom is -0.402 e. The summed E-state index contributed by atoms with van der Waals surface area (Å²) < 4.78 is 114. The van der Waals surface area contributed by atoms with Crippen molar-refractivity contribution in [3.63, 3.8) is 0 Å². The lowest BCUT2D eigenvalue weighted by atomic mass is 9.66. The van der Waals surface area contributed by atoms with Crippen LogP contribution in [0.1, 0.15) is 12.8 Å². The second-order valence-electron chi connectivity index (χ2n) is 4.73. The Morgan fingerprint density at radius 2 is 1.48 bits per heavy atom. The molecule has 1 nitrogen and oxygen atoms in total. The van der Waals surface area contributed by atoms with Crippen LogP contribution in [-0.2, 0) is 0 Å². The Morgan fingerprint density at radius 1 is 0.952 bits per heavy atom. The molecule has 0 fully saturated rings. The van der Waals surface area contributed by atoms with E-state index < -0.39 is 48.4 Å². The van der Waals surface area contributed by atoms with Crippen molar-refractivity contribution >= 4 is 0 Å². The molecule has 0 amide bonds. The summed E-state index contributed by atoms with van der Waals surface area (Å²) in [7, 11) is 0. The van der Waals surface area contributed by atoms with E-state index in [0.29, 0.717) is 6.08 Å². The van der Waals surface area contributed by atoms with Crippen molar-refractivity contribution in [3.05, 3.63) is 23.9 Å². The molecular formula is C11H10F9N. The molecule has 0 spiro atoms. The Kier molecular flexibility index (Phi) is 4.32. The second kappa shape index (κ2) is 5.13. The van der Waals surface area contributed by atoms with E-state index in [-0.39, 0.29) is 6.08 Å². The standard InChI is InChI=1S/C11H10F9N/c12-9(13,14)4-6-7(21)2-1-3-8(6,11(18,19)20)5-10(15,16)17/h1-3,6H,4-5,21H2. The third-order valence-corrected chi connectivity index (χ3v) is 3.16. The maximum Gasteiger partial charge on any atom is 0.398 e. The molecule has 0 radical (unpaired) electrons. The van der Waals surface area contributed by atoms with E-state index in [1.165, 1.54) is 0 Å². The molecule has 0 aromatic heterocycles. The van der Waals surface area contributed by atoms with Crippen LogP contribution in [0.4, 0.5) is 39.5 Å². The molecule has 0 aromatic carbocycles. The summed E-state index contributed by atoms with van der Waals surface area (Å²) in [6.45, 7) is 0. The van der Waals surface area contributed by atoms with Gasteiger partial charge in [-0.15, -0.1) is 0 Å². The molecule has 0 heterocycles. The third kappa shape index (κ3) is 4.07. The van der Waals surface area contributed by atoms with Crippen molar-refractivity contribution in [1.29, 1.82) is 0 Å². The van der Waals surface area contributed by atoms with Gasteiger partial charge in [0.15, 0.2) is 0 Å². The molecule has 21 heavy (non-hydrogen) atoms. The van der Waals surface area contributed by atoms with Crippen LogP contribution in [0.5, 0.6) is 0 Å². The van der Waals surface area contributed by atoms with Crippen molar-refractivity contribution in [2.24, 2.45) is 17.1 Å². The first kappa shape index (κ1) is 17.7. The zero-order valence-corrected chi connectivity index (χ0v) is 10.2. The molecule has 2 atom stereocenters. The first-order valence-corrected chi connectivity index (χ1v) is 5.53. The molecule has 0 aromatic rings. The van der Waals surface area contributed by atoms with Crippen LogP contribution in [0.15, 0.2) is 23.9 Å². The van der Waals surface area contributed by atoms with Gasteiger partial charge in [0.05, 0.1) is 12.8 Å². The lowest BCUT2D eigenvalue weighted by molar-refractivity contribution is -0.269. The fourth-order valence-electron chi connectivity index (χ4n) is 2.30. The highest BCUT2D eigenvalue weighted by atomic mass is 19.4. The van der Waals surface area contributed by atoms with Gasteiger partial charge in [-0.25, -0.2) is 0 Å². The second-order valence-corrected chi connectivity index (χ2v) is 4.73. The maximum atomic E-state index is 13.1. The van der Waals surface area contributed by atoms with Gasteiger partial charge in [0.1, 0.15) is 5.41 Å². The fraction of sp³-hybridized carbons (Fsp3) is 0.636. The summed E-state index contributed by atoms with van der Waals surface area (Å²) in [6, 6.07) is 0. The molecule has 1 aliphatic carbocycles. The van der Waals surface area contributed by atoms with E-state index in [4.69, 9.17) is 5.73 Å². The number of allylic oxidation sites excluding steroid dienone is 4. The number of hydrogen-bond acceptors (Lipinski definition) is 1. The highest BCUT2D eigenvalue weighted by Gasteiger charge is 2.64. The van der Waals surface area contributed by atoms with E-state index in [2.05, 4.69) is 0 Å². The van der Waals surface area contributed by atoms with Gasteiger partial charge >= 0.3 is 18.5 Å². The Balaban J connectivity index is 3.37. The molecule has 2 unspecified atom stereocenters. The average Bonchev–Trinajstić information content (AvgIpc) is 2.18. The van der Waals surface area contributed by atoms with E-state index in [0.717, 1.165) is 6.08 Å². The maximum absolute atomic E-state index is 13.1. The van der Waals surface area contributed by atoms with Crippen LogP contribution in [0.2, 0.25) is 0 Å². The SMILES string of the molecule is NC1=CC=CC(CC(F)(F)F)(C(F)(F)F)C1CC(F)(F)F. The van der Waals surface area contributed by atoms with Crippen LogP contribution in [-0.4, -0.2) is 18.5 Å². The van der Waals surface area contributed by atoms with Crippen molar-refractivity contribution in [3.8, 4) is 0 Å². The predicted octanol–water partition coefficient (Wildman–Crippen LogP) is 4.47. The molecule has 2 N–H and O–H groups in total. The van der Waals surface area contributed by atoms with E-state index in [9.17, 15) is 39.5 Å². The molecule has 1 rings (SSSR count). The van der Waals surface area contributed by atoms with Gasteiger partial charge < -0.3 is 5.73 Å². The lowest BCUT2D eigenvalue weighted by Gasteiger charge is -2.42. The summed E-state index contributed by atoms with van der Waals surface area (Å²) in [6.07, 6.45) is -19.0. The van der Waals surface area contributed by atoms with Gasteiger partial charge in [-0.2, -0.15) is 39.5 Å². The first-order valence-electron chi connectivity index (χ1n) is 5.53. The largest absolute Gasteiger partial charge is 0.402 e. The highest BCUT2D eigenvalue weighted by molar-refractivity contribution is 5.28. The monoisotopic (exact) mass is 327 g/mol. The smallest absolute Gasteiger partial charge is 0.398 e. The van der Waals surface area contributed by atoms with Gasteiger partial charge in [-0.1, -0.05) is 12.2 Å². The first-order chi connectivity index (χ1) is 9.18. The molecule has 0 saturated carbocycles. The third-order valence-electron chi connectivity index (χ3n) is 3.16. The van der Waals surface area contributed by atoms with Gasteiger partial charge in [0.2, 0.25) is 0 Å². The van der Waals surface area contributed by atoms with Gasteiger partial charge in [-0.05, 0) is 6.08 Å². The number of rotatable bonds is 2. The quantitative estimate of drug-likeness (QED) is 0.744. The summed E-state index contributed by atoms with van der Waals surface area (Å²) in [5, 5.41) is 0. The summed E-state index contributed by atoms with van der Waals surface area (Å²) >= 11 is 0. The number of nitrogens with two attached hydrogens (primary N) is 1. The van der Waals surface area contributed by atoms with Crippen LogP contribution >= 0.6 is 0 Å². The normalized spacial score (nSPS) is 27.7. The van der Waals surface area contributed by atoms with Gasteiger partial charge in [-0.3, -0.25) is 0 Å². The zero-order chi connectivity index (χ0) is 16.7. The Labute approximate surface area is 113 Å². The van der Waals surface area contributed by atoms with E-state index >= 15 is 0 Å². The summed E-state index contributed by atoms with van der Waals surface area (Å²) in [5.74, 6) is -2.55. The summed E-state index contributed by atoms with van der Waals surface area (Å²) in [4.78, 5) is 0. The highest BCUT2D eigenvalue weighted by Crippen LogP contribution is 2.56. The minimum absolute atomic E-state index is 0.104. The molecule has 0 saturated heterocycles. The van der Waals surface area contributed by atoms with Crippen molar-refractivity contribution in [2.75, 3.05) is 0 Å². The van der Waals surface area contributed by atoms with Crippen molar-refractivity contribution in [1.82, 2.24) is 0 Å². The van der Waals surface area contributed by atoms with Crippen LogP contribution in [0.3, 0.4) is 0 Å². The number of halogens is 9. The lowest BCUT2D eigenvalue weighted by Crippen LogP contribution is -2.49. The molecule has 0 bridgehead atoms. The topological polar surface area (TPSA) is 26.0 Å². The molecule has 10 heteroatoms. The molecule has 1 aliphatic rings. The Hall–Kier alpha value is -1.35. The molecule has 122 valence electrons. The van der Waals surface area contributed by atoms with Gasteiger partial charge in [0, 0.05) is 11.6 Å². The Morgan fingerprint density at radius 3 is 1.86 bits per heavy atom. The summed E-state index contributed by atoms with van der Waals surface area (Å²) in [5.41, 5.74) is 0.519. The predicted molar refractivity (Wildman–Crippen MR) is 54.7 cm³/mol. The van der Waals surface area contributed by atoms with Crippen LogP contribution in [0, 0.1) is 11.3 Å². The average molecular weight is 327 g/mol. The van der Waals surface area contributed by atoms with Crippen LogP contribution < -0.4 is 5.73 Å². The van der Waals surface area contributed by atoms with Crippen molar-refractivity contribution in [2.45, 2.75) is 31.4 Å². The molecule has 0 aliphatic heterocycles. The fourth-order valence-corrected chi connectivity index (χ4v) is 2.30. The minimum atomic E-state index is -5.53. The number of alkyl halides is 9. The van der Waals surface area contributed by atoms with Crippen LogP contribution in [0.25, 0.3) is 0 Å². The van der Waals surface area contributed by atoms with Crippen molar-refractivity contribution < 1.29 is 39.5 Å².